The topological polar surface area (TPSA) is 59.1 Å². The average molecular weight is 372 g/mol. The Labute approximate surface area is 160 Å². The fraction of sp³-hybridized carbons (Fsp3) is 0.524. The van der Waals surface area contributed by atoms with Gasteiger partial charge in [-0.15, -0.1) is 0 Å². The molecule has 0 saturated carbocycles. The van der Waals surface area contributed by atoms with Crippen molar-refractivity contribution in [1.82, 2.24) is 9.80 Å². The minimum atomic E-state index is -0.235. The molecule has 0 aliphatic carbocycles. The van der Waals surface area contributed by atoms with Gasteiger partial charge in [0.2, 0.25) is 0 Å². The van der Waals surface area contributed by atoms with Gasteiger partial charge in [-0.05, 0) is 38.8 Å². The molecule has 6 heteroatoms. The van der Waals surface area contributed by atoms with Crippen LogP contribution in [0.15, 0.2) is 23.9 Å². The Balaban J connectivity index is 1.98. The smallest absolute Gasteiger partial charge is 0.277 e. The molecule has 2 heterocycles. The van der Waals surface area contributed by atoms with Gasteiger partial charge in [0.25, 0.3) is 11.8 Å². The number of amides is 2. The quantitative estimate of drug-likeness (QED) is 0.716. The summed E-state index contributed by atoms with van der Waals surface area (Å²) in [6.07, 6.45) is 0.0586. The van der Waals surface area contributed by atoms with Crippen molar-refractivity contribution in [2.24, 2.45) is 0 Å². The van der Waals surface area contributed by atoms with Gasteiger partial charge >= 0.3 is 0 Å². The monoisotopic (exact) mass is 372 g/mol. The first kappa shape index (κ1) is 19.6. The Morgan fingerprint density at radius 1 is 1.11 bits per heavy atom. The molecule has 0 radical (unpaired) electrons. The van der Waals surface area contributed by atoms with Gasteiger partial charge in [0, 0.05) is 13.1 Å². The molecule has 0 atom stereocenters. The first-order chi connectivity index (χ1) is 12.9. The number of hydrogen-bond donors (Lipinski definition) is 0. The van der Waals surface area contributed by atoms with Crippen molar-refractivity contribution in [3.63, 3.8) is 0 Å². The molecule has 1 aromatic carbocycles. The van der Waals surface area contributed by atoms with Crippen molar-refractivity contribution in [2.45, 2.75) is 33.8 Å². The summed E-state index contributed by atoms with van der Waals surface area (Å²) in [7, 11) is 0. The van der Waals surface area contributed by atoms with E-state index >= 15 is 0 Å². The standard InChI is InChI=1S/C21H28N2O4/c1-14(2)27-12-9-23-20(24)18(17-6-5-15(3)13-16(17)4)19(21(23)25)22-7-10-26-11-8-22/h5-6,13-14H,7-12H2,1-4H3. The first-order valence-corrected chi connectivity index (χ1v) is 9.52. The molecular weight excluding hydrogens is 344 g/mol. The van der Waals surface area contributed by atoms with Gasteiger partial charge in [0.1, 0.15) is 5.70 Å². The largest absolute Gasteiger partial charge is 0.378 e. The zero-order valence-electron chi connectivity index (χ0n) is 16.6. The van der Waals surface area contributed by atoms with Crippen LogP contribution in [0.1, 0.15) is 30.5 Å². The third-order valence-corrected chi connectivity index (χ3v) is 4.89. The number of aryl methyl sites for hydroxylation is 2. The van der Waals surface area contributed by atoms with Gasteiger partial charge in [-0.1, -0.05) is 23.8 Å². The maximum absolute atomic E-state index is 13.2. The molecule has 1 saturated heterocycles. The van der Waals surface area contributed by atoms with E-state index in [1.165, 1.54) is 4.90 Å². The third-order valence-electron chi connectivity index (χ3n) is 4.89. The molecular formula is C21H28N2O4. The van der Waals surface area contributed by atoms with E-state index in [9.17, 15) is 9.59 Å². The SMILES string of the molecule is Cc1ccc(C2=C(N3CCOCC3)C(=O)N(CCOC(C)C)C2=O)c(C)c1. The van der Waals surface area contributed by atoms with Crippen LogP contribution in [0.2, 0.25) is 0 Å². The highest BCUT2D eigenvalue weighted by atomic mass is 16.5. The fourth-order valence-electron chi connectivity index (χ4n) is 3.56. The number of morpholine rings is 1. The molecule has 3 rings (SSSR count). The molecule has 0 N–H and O–H groups in total. The van der Waals surface area contributed by atoms with E-state index in [4.69, 9.17) is 9.47 Å². The zero-order chi connectivity index (χ0) is 19.6. The number of hydrogen-bond acceptors (Lipinski definition) is 5. The molecule has 2 amide bonds. The highest BCUT2D eigenvalue weighted by molar-refractivity contribution is 6.35. The van der Waals surface area contributed by atoms with Crippen LogP contribution in [0.5, 0.6) is 0 Å². The minimum Gasteiger partial charge on any atom is -0.378 e. The van der Waals surface area contributed by atoms with Crippen LogP contribution >= 0.6 is 0 Å². The minimum absolute atomic E-state index is 0.0586. The van der Waals surface area contributed by atoms with Crippen molar-refractivity contribution < 1.29 is 19.1 Å². The van der Waals surface area contributed by atoms with E-state index in [1.807, 2.05) is 50.8 Å². The lowest BCUT2D eigenvalue weighted by molar-refractivity contribution is -0.138. The third kappa shape index (κ3) is 4.06. The van der Waals surface area contributed by atoms with Crippen LogP contribution in [-0.2, 0) is 19.1 Å². The zero-order valence-corrected chi connectivity index (χ0v) is 16.6. The predicted molar refractivity (Wildman–Crippen MR) is 103 cm³/mol. The Morgan fingerprint density at radius 3 is 2.44 bits per heavy atom. The highest BCUT2D eigenvalue weighted by Gasteiger charge is 2.42. The number of carbonyl (C=O) groups excluding carboxylic acids is 2. The Kier molecular flexibility index (Phi) is 5.97. The van der Waals surface area contributed by atoms with Crippen molar-refractivity contribution in [2.75, 3.05) is 39.5 Å². The number of carbonyl (C=O) groups is 2. The van der Waals surface area contributed by atoms with Crippen molar-refractivity contribution in [3.8, 4) is 0 Å². The lowest BCUT2D eigenvalue weighted by Gasteiger charge is -2.29. The van der Waals surface area contributed by atoms with E-state index in [0.29, 0.717) is 44.2 Å². The van der Waals surface area contributed by atoms with Gasteiger partial charge in [0.15, 0.2) is 0 Å². The Morgan fingerprint density at radius 2 is 1.81 bits per heavy atom. The summed E-state index contributed by atoms with van der Waals surface area (Å²) in [5, 5.41) is 0. The summed E-state index contributed by atoms with van der Waals surface area (Å²) in [4.78, 5) is 29.7. The van der Waals surface area contributed by atoms with E-state index in [-0.39, 0.29) is 24.5 Å². The van der Waals surface area contributed by atoms with E-state index < -0.39 is 0 Å². The normalized spacial score (nSPS) is 18.3. The molecule has 27 heavy (non-hydrogen) atoms. The molecule has 146 valence electrons. The molecule has 1 aromatic rings. The molecule has 6 nitrogen and oxygen atoms in total. The molecule has 1 fully saturated rings. The first-order valence-electron chi connectivity index (χ1n) is 9.52. The van der Waals surface area contributed by atoms with E-state index in [2.05, 4.69) is 0 Å². The van der Waals surface area contributed by atoms with Crippen molar-refractivity contribution in [1.29, 1.82) is 0 Å². The maximum Gasteiger partial charge on any atom is 0.277 e. The van der Waals surface area contributed by atoms with Crippen LogP contribution < -0.4 is 0 Å². The van der Waals surface area contributed by atoms with Crippen LogP contribution in [0.4, 0.5) is 0 Å². The van der Waals surface area contributed by atoms with Gasteiger partial charge < -0.3 is 14.4 Å². The fourth-order valence-corrected chi connectivity index (χ4v) is 3.56. The second-order valence-electron chi connectivity index (χ2n) is 7.32. The van der Waals surface area contributed by atoms with Crippen molar-refractivity contribution >= 4 is 17.4 Å². The summed E-state index contributed by atoms with van der Waals surface area (Å²) in [6, 6.07) is 5.97. The number of rotatable bonds is 6. The van der Waals surface area contributed by atoms with Crippen LogP contribution in [0.3, 0.4) is 0 Å². The highest BCUT2D eigenvalue weighted by Crippen LogP contribution is 2.33. The van der Waals surface area contributed by atoms with Crippen molar-refractivity contribution in [3.05, 3.63) is 40.6 Å². The Bertz CT molecular complexity index is 763. The summed E-state index contributed by atoms with van der Waals surface area (Å²) < 4.78 is 11.0. The predicted octanol–water partition coefficient (Wildman–Crippen LogP) is 2.14. The molecule has 2 aliphatic rings. The summed E-state index contributed by atoms with van der Waals surface area (Å²) >= 11 is 0. The summed E-state index contributed by atoms with van der Waals surface area (Å²) in [5.41, 5.74) is 3.96. The number of nitrogens with zero attached hydrogens (tertiary/aromatic N) is 2. The lowest BCUT2D eigenvalue weighted by Crippen LogP contribution is -2.41. The molecule has 0 unspecified atom stereocenters. The van der Waals surface area contributed by atoms with E-state index in [0.717, 1.165) is 16.7 Å². The van der Waals surface area contributed by atoms with Gasteiger partial charge in [0.05, 0.1) is 38.0 Å². The molecule has 0 spiro atoms. The summed E-state index contributed by atoms with van der Waals surface area (Å²) in [6.45, 7) is 10.8. The number of imide groups is 1. The van der Waals surface area contributed by atoms with E-state index in [1.54, 1.807) is 0 Å². The second-order valence-corrected chi connectivity index (χ2v) is 7.32. The van der Waals surface area contributed by atoms with Crippen LogP contribution in [-0.4, -0.2) is 67.2 Å². The average Bonchev–Trinajstić information content (AvgIpc) is 2.87. The molecule has 2 aliphatic heterocycles. The van der Waals surface area contributed by atoms with Gasteiger partial charge in [-0.2, -0.15) is 0 Å². The summed E-state index contributed by atoms with van der Waals surface area (Å²) in [5.74, 6) is -0.468. The van der Waals surface area contributed by atoms with Crippen LogP contribution in [0.25, 0.3) is 5.57 Å². The lowest BCUT2D eigenvalue weighted by atomic mass is 9.97. The van der Waals surface area contributed by atoms with Crippen LogP contribution in [0, 0.1) is 13.8 Å². The molecule has 0 bridgehead atoms. The Hall–Kier alpha value is -2.18. The number of ether oxygens (including phenoxy) is 2. The number of benzene rings is 1. The van der Waals surface area contributed by atoms with Gasteiger partial charge in [-0.25, -0.2) is 0 Å². The maximum atomic E-state index is 13.2. The molecule has 0 aromatic heterocycles. The van der Waals surface area contributed by atoms with Gasteiger partial charge in [-0.3, -0.25) is 14.5 Å². The second kappa shape index (κ2) is 8.23.